The molecule has 78 heavy (non-hydrogen) atoms. The van der Waals surface area contributed by atoms with Crippen molar-refractivity contribution in [1.82, 2.24) is 23.3 Å². The summed E-state index contributed by atoms with van der Waals surface area (Å²) in [5, 5.41) is 7.02. The molecule has 0 atom stereocenters. The summed E-state index contributed by atoms with van der Waals surface area (Å²) in [6, 6.07) is 89.1. The SMILES string of the molecule is CC(C)(C)c1ccnc(-n2c3[c-]c(Oc4[c-]c(-n5[c-][n+](-c6cc(-n7c8ccccc8c8ccccc87)cc(-n7c8ccccc8c8ccccc87)c6)c6ccccc65)ccc4)ccc3c3cc(-c4ccccc4)ccc32)c1.[Pt]. The summed E-state index contributed by atoms with van der Waals surface area (Å²) in [6.45, 7) is 6.70. The van der Waals surface area contributed by atoms with E-state index in [2.05, 4.69) is 274 Å². The molecule has 5 aromatic heterocycles. The van der Waals surface area contributed by atoms with Crippen LogP contribution >= 0.6 is 0 Å². The molecule has 0 fully saturated rings. The van der Waals surface area contributed by atoms with Crippen LogP contribution in [-0.2, 0) is 26.5 Å². The summed E-state index contributed by atoms with van der Waals surface area (Å²) in [5.74, 6) is 1.96. The summed E-state index contributed by atoms with van der Waals surface area (Å²) in [6.07, 6.45) is 5.72. The van der Waals surface area contributed by atoms with Crippen LogP contribution in [0.15, 0.2) is 237 Å². The molecule has 0 aliphatic heterocycles. The number of imidazole rings is 1. The van der Waals surface area contributed by atoms with Gasteiger partial charge in [0.05, 0.1) is 38.8 Å². The Morgan fingerprint density at radius 2 is 1.00 bits per heavy atom. The number of pyridine rings is 1. The topological polar surface area (TPSA) is 45.7 Å². The first-order valence-corrected chi connectivity index (χ1v) is 26.1. The Morgan fingerprint density at radius 1 is 0.436 bits per heavy atom. The fourth-order valence-corrected chi connectivity index (χ4v) is 11.6. The molecule has 15 aromatic rings. The van der Waals surface area contributed by atoms with E-state index in [1.165, 1.54) is 27.1 Å². The molecule has 5 heterocycles. The fourth-order valence-electron chi connectivity index (χ4n) is 11.6. The summed E-state index contributed by atoms with van der Waals surface area (Å²) in [4.78, 5) is 4.95. The summed E-state index contributed by atoms with van der Waals surface area (Å²) < 4.78 is 18.0. The predicted molar refractivity (Wildman–Crippen MR) is 313 cm³/mol. The molecule has 15 rings (SSSR count). The Bertz CT molecular complexity index is 4600. The van der Waals surface area contributed by atoms with Gasteiger partial charge < -0.3 is 23.0 Å². The number of hydrogen-bond acceptors (Lipinski definition) is 2. The van der Waals surface area contributed by atoms with Crippen LogP contribution in [0.3, 0.4) is 0 Å². The molecule has 0 N–H and O–H groups in total. The molecule has 0 unspecified atom stereocenters. The minimum atomic E-state index is -0.0641. The Labute approximate surface area is 465 Å². The van der Waals surface area contributed by atoms with Gasteiger partial charge in [-0.15, -0.1) is 29.7 Å². The monoisotopic (exact) mass is 1180 g/mol. The third-order valence-corrected chi connectivity index (χ3v) is 15.2. The number of aromatic nitrogens is 6. The van der Waals surface area contributed by atoms with Gasteiger partial charge in [-0.2, -0.15) is 18.2 Å². The zero-order valence-electron chi connectivity index (χ0n) is 42.9. The maximum Gasteiger partial charge on any atom is 0.268 e. The number of para-hydroxylation sites is 6. The van der Waals surface area contributed by atoms with Crippen LogP contribution in [0.5, 0.6) is 11.5 Å². The van der Waals surface area contributed by atoms with Gasteiger partial charge in [-0.05, 0) is 93.8 Å². The number of ether oxygens (including phenoxy) is 1. The molecule has 0 aliphatic rings. The van der Waals surface area contributed by atoms with Gasteiger partial charge in [-0.1, -0.05) is 166 Å². The molecule has 10 aromatic carbocycles. The Balaban J connectivity index is 0.00000552. The zero-order valence-corrected chi connectivity index (χ0v) is 45.2. The number of fused-ring (bicyclic) bond motifs is 10. The van der Waals surface area contributed by atoms with Crippen molar-refractivity contribution in [3.8, 4) is 51.2 Å². The molecule has 376 valence electrons. The van der Waals surface area contributed by atoms with Crippen molar-refractivity contribution in [2.24, 2.45) is 0 Å². The molecule has 0 amide bonds. The van der Waals surface area contributed by atoms with Gasteiger partial charge in [0.15, 0.2) is 0 Å². The van der Waals surface area contributed by atoms with Gasteiger partial charge in [0, 0.05) is 77.2 Å². The van der Waals surface area contributed by atoms with E-state index in [1.54, 1.807) is 0 Å². The Hall–Kier alpha value is -9.29. The van der Waals surface area contributed by atoms with E-state index >= 15 is 0 Å². The van der Waals surface area contributed by atoms with Crippen molar-refractivity contribution in [2.45, 2.75) is 26.2 Å². The first-order valence-electron chi connectivity index (χ1n) is 26.1. The van der Waals surface area contributed by atoms with Gasteiger partial charge in [0.2, 0.25) is 0 Å². The van der Waals surface area contributed by atoms with Crippen LogP contribution in [0.1, 0.15) is 26.3 Å². The smallest absolute Gasteiger partial charge is 0.268 e. The average Bonchev–Trinajstić information content (AvgIpc) is 4.36. The predicted octanol–water partition coefficient (Wildman–Crippen LogP) is 16.7. The van der Waals surface area contributed by atoms with E-state index in [0.717, 1.165) is 94.6 Å². The number of rotatable bonds is 8. The van der Waals surface area contributed by atoms with Gasteiger partial charge in [-0.3, -0.25) is 4.57 Å². The molecule has 0 saturated heterocycles. The van der Waals surface area contributed by atoms with Gasteiger partial charge in [0.25, 0.3) is 6.33 Å². The van der Waals surface area contributed by atoms with E-state index in [4.69, 9.17) is 9.72 Å². The molecule has 0 radical (unpaired) electrons. The first kappa shape index (κ1) is 47.2. The van der Waals surface area contributed by atoms with Crippen molar-refractivity contribution in [1.29, 1.82) is 0 Å². The Morgan fingerprint density at radius 3 is 1.63 bits per heavy atom. The molecule has 0 spiro atoms. The van der Waals surface area contributed by atoms with Crippen LogP contribution in [0.4, 0.5) is 0 Å². The molecule has 0 bridgehead atoms. The second-order valence-electron chi connectivity index (χ2n) is 20.9. The fraction of sp³-hybridized carbons (Fsp3) is 0.0571. The van der Waals surface area contributed by atoms with E-state index < -0.39 is 0 Å². The second-order valence-corrected chi connectivity index (χ2v) is 20.9. The van der Waals surface area contributed by atoms with Crippen molar-refractivity contribution in [3.05, 3.63) is 261 Å². The van der Waals surface area contributed by atoms with Crippen LogP contribution in [0.2, 0.25) is 0 Å². The molecule has 0 aliphatic carbocycles. The standard InChI is InChI=1S/C70H48N6O.Pt/c1-70(2,3)48-36-37-71-69(39-48)76-65-35-32-47(46-18-5-4-6-19-46)38-60(65)59-34-33-54(44-68(59)76)77-53-21-17-20-49(43-53)72-45-73(67-31-16-15-30-66(67)72)50-40-51(74-61-26-11-7-22-55(61)56-23-8-12-27-62(56)74)42-52(41-50)75-63-28-13-9-24-57(63)58-25-10-14-29-64(58)75;/h4-42H,1-3H3;/q-2;. The van der Waals surface area contributed by atoms with Crippen LogP contribution in [0.25, 0.3) is 116 Å². The molecular formula is C70H48N6OPt-2. The molecule has 8 heteroatoms. The van der Waals surface area contributed by atoms with E-state index in [-0.39, 0.29) is 26.5 Å². The molecule has 0 saturated carbocycles. The number of benzene rings is 10. The van der Waals surface area contributed by atoms with Crippen molar-refractivity contribution >= 4 is 76.5 Å². The van der Waals surface area contributed by atoms with Crippen LogP contribution < -0.4 is 9.30 Å². The number of hydrogen-bond donors (Lipinski definition) is 0. The maximum absolute atomic E-state index is 6.78. The number of nitrogens with zero attached hydrogens (tertiary/aromatic N) is 6. The third-order valence-electron chi connectivity index (χ3n) is 15.2. The normalized spacial score (nSPS) is 11.9. The van der Waals surface area contributed by atoms with Crippen molar-refractivity contribution in [2.75, 3.05) is 0 Å². The average molecular weight is 1180 g/mol. The van der Waals surface area contributed by atoms with Gasteiger partial charge >= 0.3 is 0 Å². The molecule has 7 nitrogen and oxygen atoms in total. The van der Waals surface area contributed by atoms with Crippen LogP contribution in [0, 0.1) is 18.5 Å². The van der Waals surface area contributed by atoms with Crippen molar-refractivity contribution in [3.63, 3.8) is 0 Å². The largest absolute Gasteiger partial charge is 0.510 e. The van der Waals surface area contributed by atoms with Gasteiger partial charge in [-0.25, -0.2) is 4.98 Å². The molecular weight excluding hydrogens is 1140 g/mol. The first-order chi connectivity index (χ1) is 37.8. The van der Waals surface area contributed by atoms with Crippen molar-refractivity contribution < 1.29 is 30.4 Å². The van der Waals surface area contributed by atoms with E-state index in [9.17, 15) is 0 Å². The quantitative estimate of drug-likeness (QED) is 0.112. The summed E-state index contributed by atoms with van der Waals surface area (Å²) >= 11 is 0. The summed E-state index contributed by atoms with van der Waals surface area (Å²) in [5.41, 5.74) is 15.7. The van der Waals surface area contributed by atoms with E-state index in [0.29, 0.717) is 11.5 Å². The van der Waals surface area contributed by atoms with Crippen LogP contribution in [-0.4, -0.2) is 23.3 Å². The van der Waals surface area contributed by atoms with E-state index in [1.807, 2.05) is 24.4 Å². The zero-order chi connectivity index (χ0) is 51.4. The Kier molecular flexibility index (Phi) is 11.2. The minimum Gasteiger partial charge on any atom is -0.510 e. The summed E-state index contributed by atoms with van der Waals surface area (Å²) in [7, 11) is 0. The van der Waals surface area contributed by atoms with Gasteiger partial charge in [0.1, 0.15) is 5.82 Å². The minimum absolute atomic E-state index is 0. The third kappa shape index (κ3) is 7.68. The second kappa shape index (κ2) is 18.5. The maximum atomic E-state index is 6.78.